The number of nitrogens with two attached hydrogens (primary N) is 1. The van der Waals surface area contributed by atoms with Crippen molar-refractivity contribution in [3.05, 3.63) is 23.9 Å². The lowest BCUT2D eigenvalue weighted by Gasteiger charge is -2.17. The Labute approximate surface area is 101 Å². The molecule has 0 spiro atoms. The summed E-state index contributed by atoms with van der Waals surface area (Å²) in [5, 5.41) is 6.71. The monoisotopic (exact) mass is 234 g/mol. The van der Waals surface area contributed by atoms with E-state index in [0.717, 1.165) is 25.3 Å². The number of carbonyl (C=O) groups excluding carboxylic acids is 1. The summed E-state index contributed by atoms with van der Waals surface area (Å²) in [5.74, 6) is 0.225. The first-order valence-electron chi connectivity index (χ1n) is 6.00. The highest BCUT2D eigenvalue weighted by molar-refractivity contribution is 5.91. The third kappa shape index (κ3) is 3.42. The Morgan fingerprint density at radius 1 is 1.47 bits per heavy atom. The van der Waals surface area contributed by atoms with Gasteiger partial charge in [0, 0.05) is 12.6 Å². The Hall–Kier alpha value is -1.62. The minimum Gasteiger partial charge on any atom is -0.366 e. The van der Waals surface area contributed by atoms with Gasteiger partial charge in [-0.2, -0.15) is 0 Å². The van der Waals surface area contributed by atoms with Crippen LogP contribution >= 0.6 is 0 Å². The molecule has 1 aliphatic rings. The van der Waals surface area contributed by atoms with E-state index in [2.05, 4.69) is 15.6 Å². The molecule has 2 rings (SSSR count). The second kappa shape index (κ2) is 5.63. The molecule has 1 fully saturated rings. The molecule has 0 bridgehead atoms. The number of hydrogen-bond acceptors (Lipinski definition) is 4. The van der Waals surface area contributed by atoms with E-state index in [0.29, 0.717) is 11.7 Å². The Kier molecular flexibility index (Phi) is 3.93. The molecule has 1 atom stereocenters. The average molecular weight is 234 g/mol. The predicted octanol–water partition coefficient (Wildman–Crippen LogP) is 0.734. The number of primary amides is 1. The van der Waals surface area contributed by atoms with E-state index in [1.165, 1.54) is 12.8 Å². The van der Waals surface area contributed by atoms with Gasteiger partial charge in [-0.25, -0.2) is 4.98 Å². The standard InChI is InChI=1S/C12H18N4O/c13-12(17)10-5-3-6-11(16-10)15-9-4-1-2-7-14-8-9/h3,5-6,9,14H,1-2,4,7-8H2,(H2,13,17)(H,15,16). The molecule has 4 N–H and O–H groups in total. The summed E-state index contributed by atoms with van der Waals surface area (Å²) in [6, 6.07) is 5.64. The first kappa shape index (κ1) is 11.9. The molecule has 0 saturated carbocycles. The zero-order valence-corrected chi connectivity index (χ0v) is 9.78. The lowest BCUT2D eigenvalue weighted by atomic mass is 10.1. The highest BCUT2D eigenvalue weighted by Crippen LogP contribution is 2.11. The van der Waals surface area contributed by atoms with Gasteiger partial charge in [0.25, 0.3) is 5.91 Å². The van der Waals surface area contributed by atoms with E-state index < -0.39 is 5.91 Å². The molecule has 1 aliphatic heterocycles. The summed E-state index contributed by atoms with van der Waals surface area (Å²) >= 11 is 0. The van der Waals surface area contributed by atoms with Crippen LogP contribution in [0.4, 0.5) is 5.82 Å². The van der Waals surface area contributed by atoms with Gasteiger partial charge in [0.15, 0.2) is 0 Å². The second-order valence-corrected chi connectivity index (χ2v) is 4.31. The molecule has 17 heavy (non-hydrogen) atoms. The Balaban J connectivity index is 2.01. The number of hydrogen-bond donors (Lipinski definition) is 3. The molecule has 92 valence electrons. The van der Waals surface area contributed by atoms with Crippen LogP contribution in [0.25, 0.3) is 0 Å². The Bertz CT molecular complexity index is 386. The summed E-state index contributed by atoms with van der Waals surface area (Å²) in [6.45, 7) is 2.01. The summed E-state index contributed by atoms with van der Waals surface area (Å²) in [6.07, 6.45) is 3.54. The summed E-state index contributed by atoms with van der Waals surface area (Å²) < 4.78 is 0. The van der Waals surface area contributed by atoms with E-state index in [-0.39, 0.29) is 0 Å². The number of nitrogens with one attached hydrogen (secondary N) is 2. The maximum Gasteiger partial charge on any atom is 0.267 e. The van der Waals surface area contributed by atoms with E-state index in [4.69, 9.17) is 5.73 Å². The molecule has 0 aromatic carbocycles. The number of amides is 1. The molecule has 1 amide bonds. The quantitative estimate of drug-likeness (QED) is 0.720. The summed E-state index contributed by atoms with van der Waals surface area (Å²) in [7, 11) is 0. The average Bonchev–Trinajstić information content (AvgIpc) is 2.58. The molecular weight excluding hydrogens is 216 g/mol. The van der Waals surface area contributed by atoms with E-state index in [1.54, 1.807) is 12.1 Å². The van der Waals surface area contributed by atoms with Gasteiger partial charge in [0.2, 0.25) is 0 Å². The highest BCUT2D eigenvalue weighted by atomic mass is 16.1. The van der Waals surface area contributed by atoms with Gasteiger partial charge in [0.05, 0.1) is 0 Å². The molecule has 1 aromatic heterocycles. The lowest BCUT2D eigenvalue weighted by Crippen LogP contribution is -2.31. The van der Waals surface area contributed by atoms with Crippen molar-refractivity contribution in [1.82, 2.24) is 10.3 Å². The molecule has 0 aliphatic carbocycles. The van der Waals surface area contributed by atoms with Crippen LogP contribution in [0.15, 0.2) is 18.2 Å². The zero-order chi connectivity index (χ0) is 12.1. The maximum atomic E-state index is 11.0. The van der Waals surface area contributed by atoms with Crippen LogP contribution in [0, 0.1) is 0 Å². The Morgan fingerprint density at radius 2 is 2.35 bits per heavy atom. The van der Waals surface area contributed by atoms with E-state index in [1.807, 2.05) is 6.07 Å². The van der Waals surface area contributed by atoms with Gasteiger partial charge < -0.3 is 16.4 Å². The molecule has 1 saturated heterocycles. The van der Waals surface area contributed by atoms with Crippen LogP contribution in [0.3, 0.4) is 0 Å². The molecule has 5 nitrogen and oxygen atoms in total. The van der Waals surface area contributed by atoms with Crippen LogP contribution in [0.5, 0.6) is 0 Å². The number of aromatic nitrogens is 1. The van der Waals surface area contributed by atoms with E-state index >= 15 is 0 Å². The molecule has 1 aromatic rings. The fraction of sp³-hybridized carbons (Fsp3) is 0.500. The van der Waals surface area contributed by atoms with Crippen LogP contribution < -0.4 is 16.4 Å². The molecule has 1 unspecified atom stereocenters. The van der Waals surface area contributed by atoms with Crippen molar-refractivity contribution < 1.29 is 4.79 Å². The largest absolute Gasteiger partial charge is 0.366 e. The van der Waals surface area contributed by atoms with Crippen LogP contribution in [-0.4, -0.2) is 30.0 Å². The van der Waals surface area contributed by atoms with Crippen molar-refractivity contribution in [2.45, 2.75) is 25.3 Å². The van der Waals surface area contributed by atoms with Gasteiger partial charge in [-0.1, -0.05) is 12.5 Å². The van der Waals surface area contributed by atoms with Gasteiger partial charge in [-0.05, 0) is 31.5 Å². The summed E-state index contributed by atoms with van der Waals surface area (Å²) in [4.78, 5) is 15.2. The van der Waals surface area contributed by atoms with Crippen molar-refractivity contribution in [2.75, 3.05) is 18.4 Å². The van der Waals surface area contributed by atoms with Crippen molar-refractivity contribution in [1.29, 1.82) is 0 Å². The first-order chi connectivity index (χ1) is 8.25. The van der Waals surface area contributed by atoms with Crippen LogP contribution in [0.2, 0.25) is 0 Å². The van der Waals surface area contributed by atoms with Crippen molar-refractivity contribution >= 4 is 11.7 Å². The molecular formula is C12H18N4O. The topological polar surface area (TPSA) is 80.0 Å². The zero-order valence-electron chi connectivity index (χ0n) is 9.78. The number of pyridine rings is 1. The fourth-order valence-corrected chi connectivity index (χ4v) is 2.00. The van der Waals surface area contributed by atoms with Gasteiger partial charge in [-0.15, -0.1) is 0 Å². The minimum atomic E-state index is -0.493. The van der Waals surface area contributed by atoms with Crippen molar-refractivity contribution in [3.63, 3.8) is 0 Å². The second-order valence-electron chi connectivity index (χ2n) is 4.31. The smallest absolute Gasteiger partial charge is 0.267 e. The normalized spacial score (nSPS) is 20.6. The number of rotatable bonds is 3. The van der Waals surface area contributed by atoms with Crippen molar-refractivity contribution in [3.8, 4) is 0 Å². The third-order valence-electron chi connectivity index (χ3n) is 2.90. The SMILES string of the molecule is NC(=O)c1cccc(NC2CCCCNC2)n1. The lowest BCUT2D eigenvalue weighted by molar-refractivity contribution is 0.0995. The number of carbonyl (C=O) groups is 1. The minimum absolute atomic E-state index is 0.302. The number of nitrogens with zero attached hydrogens (tertiary/aromatic N) is 1. The first-order valence-corrected chi connectivity index (χ1v) is 6.00. The van der Waals surface area contributed by atoms with Crippen molar-refractivity contribution in [2.24, 2.45) is 5.73 Å². The fourth-order valence-electron chi connectivity index (χ4n) is 2.00. The number of anilines is 1. The maximum absolute atomic E-state index is 11.0. The molecule has 2 heterocycles. The van der Waals surface area contributed by atoms with Gasteiger partial charge in [0.1, 0.15) is 11.5 Å². The van der Waals surface area contributed by atoms with Gasteiger partial charge in [-0.3, -0.25) is 4.79 Å². The van der Waals surface area contributed by atoms with E-state index in [9.17, 15) is 4.79 Å². The molecule has 0 radical (unpaired) electrons. The Morgan fingerprint density at radius 3 is 3.18 bits per heavy atom. The summed E-state index contributed by atoms with van der Waals surface area (Å²) in [5.41, 5.74) is 5.50. The van der Waals surface area contributed by atoms with Gasteiger partial charge >= 0.3 is 0 Å². The third-order valence-corrected chi connectivity index (χ3v) is 2.90. The predicted molar refractivity (Wildman–Crippen MR) is 66.9 cm³/mol. The van der Waals surface area contributed by atoms with Crippen LogP contribution in [-0.2, 0) is 0 Å². The molecule has 5 heteroatoms. The highest BCUT2D eigenvalue weighted by Gasteiger charge is 2.12. The van der Waals surface area contributed by atoms with Crippen LogP contribution in [0.1, 0.15) is 29.8 Å².